The topological polar surface area (TPSA) is 75.1 Å². The van der Waals surface area contributed by atoms with Crippen LogP contribution in [0.2, 0.25) is 0 Å². The Morgan fingerprint density at radius 2 is 2.04 bits per heavy atom. The SMILES string of the molecule is O=C(N[C@H](Cc1ccncc1)C1CC(O)C1)c1cncc(F)c1. The first kappa shape index (κ1) is 15.6. The normalized spacial score (nSPS) is 21.3. The lowest BCUT2D eigenvalue weighted by Crippen LogP contribution is -2.48. The molecular formula is C17H18FN3O2. The molecule has 2 heterocycles. The second kappa shape index (κ2) is 6.83. The Hall–Kier alpha value is -2.34. The first-order valence-corrected chi connectivity index (χ1v) is 7.60. The molecule has 0 bridgehead atoms. The van der Waals surface area contributed by atoms with Crippen molar-refractivity contribution < 1.29 is 14.3 Å². The summed E-state index contributed by atoms with van der Waals surface area (Å²) in [5.74, 6) is -0.677. The molecule has 1 aliphatic carbocycles. The highest BCUT2D eigenvalue weighted by molar-refractivity contribution is 5.94. The molecule has 0 unspecified atom stereocenters. The number of amides is 1. The second-order valence-electron chi connectivity index (χ2n) is 5.92. The molecular weight excluding hydrogens is 297 g/mol. The Bertz CT molecular complexity index is 675. The van der Waals surface area contributed by atoms with E-state index in [0.29, 0.717) is 19.3 Å². The molecule has 1 saturated carbocycles. The smallest absolute Gasteiger partial charge is 0.253 e. The summed E-state index contributed by atoms with van der Waals surface area (Å²) in [6.07, 6.45) is 7.50. The number of halogens is 1. The monoisotopic (exact) mass is 315 g/mol. The van der Waals surface area contributed by atoms with Crippen LogP contribution in [0.15, 0.2) is 43.0 Å². The molecule has 120 valence electrons. The van der Waals surface area contributed by atoms with Gasteiger partial charge in [-0.1, -0.05) is 0 Å². The van der Waals surface area contributed by atoms with E-state index in [1.807, 2.05) is 12.1 Å². The summed E-state index contributed by atoms with van der Waals surface area (Å²) in [7, 11) is 0. The molecule has 0 aliphatic heterocycles. The van der Waals surface area contributed by atoms with Crippen molar-refractivity contribution in [2.75, 3.05) is 0 Å². The number of aromatic nitrogens is 2. The fraction of sp³-hybridized carbons (Fsp3) is 0.353. The first-order valence-electron chi connectivity index (χ1n) is 7.60. The molecule has 2 N–H and O–H groups in total. The van der Waals surface area contributed by atoms with Gasteiger partial charge in [0.2, 0.25) is 0 Å². The van der Waals surface area contributed by atoms with Crippen LogP contribution in [0.25, 0.3) is 0 Å². The van der Waals surface area contributed by atoms with Gasteiger partial charge < -0.3 is 10.4 Å². The third-order valence-electron chi connectivity index (χ3n) is 4.21. The zero-order chi connectivity index (χ0) is 16.2. The molecule has 6 heteroatoms. The van der Waals surface area contributed by atoms with Crippen molar-refractivity contribution in [3.8, 4) is 0 Å². The van der Waals surface area contributed by atoms with Crippen molar-refractivity contribution in [2.45, 2.75) is 31.4 Å². The number of hydrogen-bond donors (Lipinski definition) is 2. The highest BCUT2D eigenvalue weighted by Crippen LogP contribution is 2.31. The third kappa shape index (κ3) is 3.90. The zero-order valence-electron chi connectivity index (χ0n) is 12.5. The first-order chi connectivity index (χ1) is 11.1. The number of pyridine rings is 2. The van der Waals surface area contributed by atoms with Crippen molar-refractivity contribution in [1.82, 2.24) is 15.3 Å². The Morgan fingerprint density at radius 1 is 1.30 bits per heavy atom. The highest BCUT2D eigenvalue weighted by atomic mass is 19.1. The van der Waals surface area contributed by atoms with E-state index in [0.717, 1.165) is 11.8 Å². The van der Waals surface area contributed by atoms with Crippen LogP contribution in [-0.4, -0.2) is 33.1 Å². The number of hydrogen-bond acceptors (Lipinski definition) is 4. The molecule has 3 rings (SSSR count). The van der Waals surface area contributed by atoms with Gasteiger partial charge in [-0.25, -0.2) is 4.39 Å². The van der Waals surface area contributed by atoms with E-state index in [4.69, 9.17) is 0 Å². The maximum absolute atomic E-state index is 13.2. The molecule has 1 amide bonds. The van der Waals surface area contributed by atoms with E-state index in [1.165, 1.54) is 12.3 Å². The zero-order valence-corrected chi connectivity index (χ0v) is 12.5. The summed E-state index contributed by atoms with van der Waals surface area (Å²) in [5.41, 5.74) is 1.26. The lowest BCUT2D eigenvalue weighted by Gasteiger charge is -2.38. The predicted octanol–water partition coefficient (Wildman–Crippen LogP) is 1.73. The fourth-order valence-corrected chi connectivity index (χ4v) is 2.85. The van der Waals surface area contributed by atoms with Crippen molar-refractivity contribution in [3.05, 3.63) is 59.9 Å². The largest absolute Gasteiger partial charge is 0.393 e. The van der Waals surface area contributed by atoms with Gasteiger partial charge in [0.25, 0.3) is 5.91 Å². The number of carbonyl (C=O) groups excluding carboxylic acids is 1. The van der Waals surface area contributed by atoms with Crippen LogP contribution in [0, 0.1) is 11.7 Å². The molecule has 0 radical (unpaired) electrons. The summed E-state index contributed by atoms with van der Waals surface area (Å²) in [6, 6.07) is 4.86. The van der Waals surface area contributed by atoms with Crippen LogP contribution in [0.5, 0.6) is 0 Å². The van der Waals surface area contributed by atoms with Gasteiger partial charge in [0.1, 0.15) is 5.82 Å². The molecule has 2 aromatic rings. The minimum atomic E-state index is -0.539. The summed E-state index contributed by atoms with van der Waals surface area (Å²) in [4.78, 5) is 20.0. The molecule has 1 fully saturated rings. The van der Waals surface area contributed by atoms with Crippen LogP contribution >= 0.6 is 0 Å². The minimum Gasteiger partial charge on any atom is -0.393 e. The quantitative estimate of drug-likeness (QED) is 0.881. The molecule has 23 heavy (non-hydrogen) atoms. The van der Waals surface area contributed by atoms with Gasteiger partial charge in [-0.15, -0.1) is 0 Å². The number of carbonyl (C=O) groups is 1. The van der Waals surface area contributed by atoms with Crippen LogP contribution in [0.4, 0.5) is 4.39 Å². The van der Waals surface area contributed by atoms with Gasteiger partial charge in [0.15, 0.2) is 0 Å². The minimum absolute atomic E-state index is 0.114. The average molecular weight is 315 g/mol. The summed E-state index contributed by atoms with van der Waals surface area (Å²) >= 11 is 0. The number of nitrogens with zero attached hydrogens (tertiary/aromatic N) is 2. The molecule has 1 aliphatic rings. The summed E-state index contributed by atoms with van der Waals surface area (Å²) in [6.45, 7) is 0. The number of rotatable bonds is 5. The van der Waals surface area contributed by atoms with Gasteiger partial charge in [0.05, 0.1) is 17.9 Å². The van der Waals surface area contributed by atoms with Gasteiger partial charge in [-0.05, 0) is 48.9 Å². The number of aliphatic hydroxyl groups is 1. The fourth-order valence-electron chi connectivity index (χ4n) is 2.85. The Morgan fingerprint density at radius 3 is 2.70 bits per heavy atom. The number of aliphatic hydroxyl groups excluding tert-OH is 1. The lowest BCUT2D eigenvalue weighted by molar-refractivity contribution is 0.0239. The van der Waals surface area contributed by atoms with E-state index < -0.39 is 5.82 Å². The predicted molar refractivity (Wildman–Crippen MR) is 82.1 cm³/mol. The van der Waals surface area contributed by atoms with E-state index in [2.05, 4.69) is 15.3 Å². The van der Waals surface area contributed by atoms with Crippen molar-refractivity contribution in [3.63, 3.8) is 0 Å². The van der Waals surface area contributed by atoms with Crippen molar-refractivity contribution in [2.24, 2.45) is 5.92 Å². The van der Waals surface area contributed by atoms with Crippen molar-refractivity contribution in [1.29, 1.82) is 0 Å². The second-order valence-corrected chi connectivity index (χ2v) is 5.92. The average Bonchev–Trinajstić information content (AvgIpc) is 2.52. The summed E-state index contributed by atoms with van der Waals surface area (Å²) in [5, 5.41) is 12.5. The van der Waals surface area contributed by atoms with Gasteiger partial charge >= 0.3 is 0 Å². The van der Waals surface area contributed by atoms with E-state index >= 15 is 0 Å². The van der Waals surface area contributed by atoms with E-state index in [9.17, 15) is 14.3 Å². The molecule has 0 spiro atoms. The van der Waals surface area contributed by atoms with Crippen LogP contribution in [-0.2, 0) is 6.42 Å². The van der Waals surface area contributed by atoms with Gasteiger partial charge in [-0.2, -0.15) is 0 Å². The molecule has 0 aromatic carbocycles. The van der Waals surface area contributed by atoms with Gasteiger partial charge in [0, 0.05) is 24.6 Å². The van der Waals surface area contributed by atoms with Crippen molar-refractivity contribution >= 4 is 5.91 Å². The molecule has 2 aromatic heterocycles. The Kier molecular flexibility index (Phi) is 4.62. The van der Waals surface area contributed by atoms with Crippen LogP contribution in [0.3, 0.4) is 0 Å². The maximum Gasteiger partial charge on any atom is 0.253 e. The molecule has 1 atom stereocenters. The van der Waals surface area contributed by atoms with E-state index in [1.54, 1.807) is 12.4 Å². The highest BCUT2D eigenvalue weighted by Gasteiger charge is 2.34. The Balaban J connectivity index is 1.72. The van der Waals surface area contributed by atoms with Gasteiger partial charge in [-0.3, -0.25) is 14.8 Å². The summed E-state index contributed by atoms with van der Waals surface area (Å²) < 4.78 is 13.2. The van der Waals surface area contributed by atoms with Crippen LogP contribution in [0.1, 0.15) is 28.8 Å². The molecule has 0 saturated heterocycles. The Labute approximate surface area is 133 Å². The third-order valence-corrected chi connectivity index (χ3v) is 4.21. The number of nitrogens with one attached hydrogen (secondary N) is 1. The molecule has 5 nitrogen and oxygen atoms in total. The lowest BCUT2D eigenvalue weighted by atomic mass is 9.75. The maximum atomic E-state index is 13.2. The van der Waals surface area contributed by atoms with E-state index in [-0.39, 0.29) is 29.5 Å². The van der Waals surface area contributed by atoms with Crippen LogP contribution < -0.4 is 5.32 Å². The standard InChI is InChI=1S/C17H18FN3O2/c18-14-6-13(9-20-10-14)17(23)21-16(12-7-15(22)8-12)5-11-1-3-19-4-2-11/h1-4,6,9-10,12,15-16,22H,5,7-8H2,(H,21,23)/t12?,15?,16-/m1/s1.